The van der Waals surface area contributed by atoms with Gasteiger partial charge in [0.1, 0.15) is 0 Å². The predicted molar refractivity (Wildman–Crippen MR) is 68.4 cm³/mol. The Bertz CT molecular complexity index is 368. The largest absolute Gasteiger partial charge is 0.271 e. The molecule has 0 amide bonds. The first-order valence-corrected chi connectivity index (χ1v) is 5.71. The van der Waals surface area contributed by atoms with Crippen molar-refractivity contribution in [2.75, 3.05) is 0 Å². The van der Waals surface area contributed by atoms with Crippen molar-refractivity contribution in [3.8, 4) is 0 Å². The maximum atomic E-state index is 5.56. The molecule has 0 heterocycles. The Morgan fingerprint density at radius 1 is 1.47 bits per heavy atom. The Labute approximate surface area is 99.7 Å². The quantitative estimate of drug-likeness (QED) is 0.502. The van der Waals surface area contributed by atoms with Crippen molar-refractivity contribution in [3.63, 3.8) is 0 Å². The van der Waals surface area contributed by atoms with Gasteiger partial charge in [-0.15, -0.1) is 0 Å². The van der Waals surface area contributed by atoms with Crippen LogP contribution in [0.4, 0.5) is 0 Å². The van der Waals surface area contributed by atoms with Gasteiger partial charge in [-0.25, -0.2) is 5.43 Å². The monoisotopic (exact) mass is 268 g/mol. The molecule has 0 aliphatic rings. The average Bonchev–Trinajstić information content (AvgIpc) is 2.18. The van der Waals surface area contributed by atoms with Gasteiger partial charge in [-0.05, 0) is 32.4 Å². The molecule has 1 aromatic rings. The topological polar surface area (TPSA) is 38.0 Å². The molecule has 2 nitrogen and oxygen atoms in total. The van der Waals surface area contributed by atoms with Crippen LogP contribution in [0.25, 0.3) is 0 Å². The van der Waals surface area contributed by atoms with Gasteiger partial charge in [-0.1, -0.05) is 45.3 Å². The van der Waals surface area contributed by atoms with E-state index in [1.165, 1.54) is 16.7 Å². The molecule has 1 atom stereocenters. The highest BCUT2D eigenvalue weighted by Crippen LogP contribution is 2.25. The molecule has 0 saturated carbocycles. The molecule has 0 radical (unpaired) electrons. The number of halogens is 1. The van der Waals surface area contributed by atoms with E-state index in [1.807, 2.05) is 6.07 Å². The van der Waals surface area contributed by atoms with Crippen LogP contribution in [0.3, 0.4) is 0 Å². The fourth-order valence-electron chi connectivity index (χ4n) is 1.46. The Hall–Kier alpha value is -0.640. The second-order valence-corrected chi connectivity index (χ2v) is 4.77. The summed E-state index contributed by atoms with van der Waals surface area (Å²) in [4.78, 5) is 0. The molecule has 1 unspecified atom stereocenters. The van der Waals surface area contributed by atoms with Crippen molar-refractivity contribution in [1.82, 2.24) is 5.43 Å². The summed E-state index contributed by atoms with van der Waals surface area (Å²) in [5.41, 5.74) is 6.45. The summed E-state index contributed by atoms with van der Waals surface area (Å²) in [5, 5.41) is 0. The lowest BCUT2D eigenvalue weighted by Gasteiger charge is -2.15. The molecule has 0 aromatic heterocycles. The molecular weight excluding hydrogens is 252 g/mol. The highest BCUT2D eigenvalue weighted by molar-refractivity contribution is 9.10. The number of rotatable bonds is 3. The first-order chi connectivity index (χ1) is 7.04. The van der Waals surface area contributed by atoms with Gasteiger partial charge in [-0.3, -0.25) is 5.84 Å². The van der Waals surface area contributed by atoms with Crippen LogP contribution in [0.15, 0.2) is 34.3 Å². The summed E-state index contributed by atoms with van der Waals surface area (Å²) in [6, 6.07) is 6.32. The molecule has 0 spiro atoms. The van der Waals surface area contributed by atoms with Crippen molar-refractivity contribution in [1.29, 1.82) is 0 Å². The van der Waals surface area contributed by atoms with E-state index in [2.05, 4.69) is 60.3 Å². The minimum Gasteiger partial charge on any atom is -0.271 e. The van der Waals surface area contributed by atoms with Crippen LogP contribution in [0.2, 0.25) is 0 Å². The number of allylic oxidation sites excluding steroid dienone is 1. The normalized spacial score (nSPS) is 12.3. The Balaban J connectivity index is 3.11. The molecule has 0 aliphatic heterocycles. The van der Waals surface area contributed by atoms with E-state index in [9.17, 15) is 0 Å². The fraction of sp³-hybridized carbons (Fsp3) is 0.333. The van der Waals surface area contributed by atoms with Gasteiger partial charge >= 0.3 is 0 Å². The van der Waals surface area contributed by atoms with Crippen molar-refractivity contribution in [2.24, 2.45) is 5.84 Å². The Kier molecular flexibility index (Phi) is 4.51. The molecule has 0 fully saturated rings. The molecule has 3 heteroatoms. The third-order valence-electron chi connectivity index (χ3n) is 2.17. The third-order valence-corrected chi connectivity index (χ3v) is 2.89. The highest BCUT2D eigenvalue weighted by Gasteiger charge is 2.10. The van der Waals surface area contributed by atoms with Gasteiger partial charge in [-0.2, -0.15) is 0 Å². The number of nitrogens with one attached hydrogen (secondary N) is 1. The van der Waals surface area contributed by atoms with Gasteiger partial charge in [0.2, 0.25) is 0 Å². The zero-order chi connectivity index (χ0) is 11.4. The Morgan fingerprint density at radius 3 is 2.67 bits per heavy atom. The summed E-state index contributed by atoms with van der Waals surface area (Å²) >= 11 is 3.54. The second-order valence-electron chi connectivity index (χ2n) is 3.91. The first kappa shape index (κ1) is 12.4. The predicted octanol–water partition coefficient (Wildman–Crippen LogP) is 3.23. The van der Waals surface area contributed by atoms with Crippen molar-refractivity contribution >= 4 is 15.9 Å². The second kappa shape index (κ2) is 5.45. The maximum Gasteiger partial charge on any atom is 0.0654 e. The van der Waals surface area contributed by atoms with Crippen molar-refractivity contribution < 1.29 is 0 Å². The SMILES string of the molecule is CC(C)=CC(NN)c1cc(C)ccc1Br. The van der Waals surface area contributed by atoms with E-state index in [0.29, 0.717) is 0 Å². The number of hydrogen-bond donors (Lipinski definition) is 2. The van der Waals surface area contributed by atoms with Crippen LogP contribution in [-0.2, 0) is 0 Å². The van der Waals surface area contributed by atoms with E-state index >= 15 is 0 Å². The molecule has 0 bridgehead atoms. The van der Waals surface area contributed by atoms with Crippen LogP contribution < -0.4 is 11.3 Å². The molecule has 82 valence electrons. The maximum absolute atomic E-state index is 5.56. The zero-order valence-electron chi connectivity index (χ0n) is 9.34. The highest BCUT2D eigenvalue weighted by atomic mass is 79.9. The average molecular weight is 269 g/mol. The van der Waals surface area contributed by atoms with Crippen LogP contribution in [0.1, 0.15) is 31.0 Å². The fourth-order valence-corrected chi connectivity index (χ4v) is 1.96. The van der Waals surface area contributed by atoms with E-state index in [4.69, 9.17) is 5.84 Å². The smallest absolute Gasteiger partial charge is 0.0654 e. The van der Waals surface area contributed by atoms with Gasteiger partial charge in [0.25, 0.3) is 0 Å². The summed E-state index contributed by atoms with van der Waals surface area (Å²) in [6.45, 7) is 6.20. The number of nitrogens with two attached hydrogens (primary N) is 1. The van der Waals surface area contributed by atoms with Crippen LogP contribution in [0.5, 0.6) is 0 Å². The molecule has 3 N–H and O–H groups in total. The van der Waals surface area contributed by atoms with Gasteiger partial charge in [0, 0.05) is 4.47 Å². The van der Waals surface area contributed by atoms with Crippen LogP contribution in [-0.4, -0.2) is 0 Å². The molecular formula is C12H17BrN2. The molecule has 0 aliphatic carbocycles. The van der Waals surface area contributed by atoms with E-state index in [1.54, 1.807) is 0 Å². The van der Waals surface area contributed by atoms with Crippen molar-refractivity contribution in [3.05, 3.63) is 45.4 Å². The summed E-state index contributed by atoms with van der Waals surface area (Å²) in [6.07, 6.45) is 2.11. The first-order valence-electron chi connectivity index (χ1n) is 4.92. The molecule has 1 aromatic carbocycles. The lowest BCUT2D eigenvalue weighted by Crippen LogP contribution is -2.27. The number of aryl methyl sites for hydroxylation is 1. The molecule has 15 heavy (non-hydrogen) atoms. The van der Waals surface area contributed by atoms with Crippen LogP contribution >= 0.6 is 15.9 Å². The molecule has 0 saturated heterocycles. The zero-order valence-corrected chi connectivity index (χ0v) is 10.9. The van der Waals surface area contributed by atoms with E-state index < -0.39 is 0 Å². The van der Waals surface area contributed by atoms with E-state index in [-0.39, 0.29) is 6.04 Å². The Morgan fingerprint density at radius 2 is 2.13 bits per heavy atom. The summed E-state index contributed by atoms with van der Waals surface area (Å²) in [5.74, 6) is 5.56. The minimum absolute atomic E-state index is 0.0595. The lowest BCUT2D eigenvalue weighted by molar-refractivity contribution is 0.649. The van der Waals surface area contributed by atoms with Crippen molar-refractivity contribution in [2.45, 2.75) is 26.8 Å². The van der Waals surface area contributed by atoms with Gasteiger partial charge in [0.15, 0.2) is 0 Å². The van der Waals surface area contributed by atoms with Gasteiger partial charge < -0.3 is 0 Å². The standard InChI is InChI=1S/C12H17BrN2/c1-8(2)6-12(15-14)10-7-9(3)4-5-11(10)13/h4-7,12,15H,14H2,1-3H3. The summed E-state index contributed by atoms with van der Waals surface area (Å²) < 4.78 is 1.08. The third kappa shape index (κ3) is 3.45. The number of benzene rings is 1. The minimum atomic E-state index is 0.0595. The summed E-state index contributed by atoms with van der Waals surface area (Å²) in [7, 11) is 0. The number of hydrazine groups is 1. The lowest BCUT2D eigenvalue weighted by atomic mass is 10.0. The van der Waals surface area contributed by atoms with Crippen LogP contribution in [0, 0.1) is 6.92 Å². The number of hydrogen-bond acceptors (Lipinski definition) is 2. The van der Waals surface area contributed by atoms with E-state index in [0.717, 1.165) is 4.47 Å². The molecule has 1 rings (SSSR count). The van der Waals surface area contributed by atoms with Gasteiger partial charge in [0.05, 0.1) is 6.04 Å².